The Morgan fingerprint density at radius 2 is 2.14 bits per heavy atom. The highest BCUT2D eigenvalue weighted by molar-refractivity contribution is 7.99. The molecule has 0 bridgehead atoms. The lowest BCUT2D eigenvalue weighted by atomic mass is 9.98. The van der Waals surface area contributed by atoms with E-state index in [1.165, 1.54) is 5.56 Å². The first-order chi connectivity index (χ1) is 13.5. The van der Waals surface area contributed by atoms with Gasteiger partial charge in [-0.25, -0.2) is 0 Å². The molecule has 2 atom stereocenters. The highest BCUT2D eigenvalue weighted by atomic mass is 32.2. The van der Waals surface area contributed by atoms with Crippen molar-refractivity contribution in [3.63, 3.8) is 0 Å². The Morgan fingerprint density at radius 1 is 1.36 bits per heavy atom. The van der Waals surface area contributed by atoms with Crippen molar-refractivity contribution >= 4 is 23.6 Å². The lowest BCUT2D eigenvalue weighted by Gasteiger charge is -2.34. The first kappa shape index (κ1) is 22.5. The van der Waals surface area contributed by atoms with Gasteiger partial charge >= 0.3 is 5.97 Å². The summed E-state index contributed by atoms with van der Waals surface area (Å²) in [6, 6.07) is 8.09. The number of carboxylic acids is 1. The van der Waals surface area contributed by atoms with Crippen molar-refractivity contribution in [3.05, 3.63) is 47.5 Å². The Hall–Kier alpha value is -1.79. The lowest BCUT2D eigenvalue weighted by Crippen LogP contribution is -2.43. The topological polar surface area (TPSA) is 77.8 Å². The number of likely N-dealkylation sites (tertiary alicyclic amines) is 1. The maximum Gasteiger partial charge on any atom is 0.304 e. The Balaban J connectivity index is 1.83. The number of carbonyl (C=O) groups excluding carboxylic acids is 1. The number of amides is 1. The molecule has 2 rings (SSSR count). The molecule has 1 amide bonds. The number of aliphatic hydroxyl groups is 1. The molecule has 28 heavy (non-hydrogen) atoms. The number of piperidine rings is 1. The molecule has 0 spiro atoms. The van der Waals surface area contributed by atoms with Gasteiger partial charge in [0.15, 0.2) is 0 Å². The second-order valence-corrected chi connectivity index (χ2v) is 8.46. The third-order valence-electron chi connectivity index (χ3n) is 5.00. The molecule has 1 heterocycles. The Morgan fingerprint density at radius 3 is 2.89 bits per heavy atom. The van der Waals surface area contributed by atoms with Crippen LogP contribution < -0.4 is 0 Å². The smallest absolute Gasteiger partial charge is 0.304 e. The molecule has 0 aliphatic carbocycles. The van der Waals surface area contributed by atoms with Crippen LogP contribution in [0.5, 0.6) is 0 Å². The van der Waals surface area contributed by atoms with Gasteiger partial charge in [-0.2, -0.15) is 11.8 Å². The number of rotatable bonds is 11. The molecule has 1 aromatic carbocycles. The zero-order chi connectivity index (χ0) is 20.4. The molecular weight excluding hydrogens is 374 g/mol. The monoisotopic (exact) mass is 405 g/mol. The highest BCUT2D eigenvalue weighted by Crippen LogP contribution is 2.21. The fourth-order valence-electron chi connectivity index (χ4n) is 3.42. The van der Waals surface area contributed by atoms with Crippen molar-refractivity contribution in [1.82, 2.24) is 4.90 Å². The van der Waals surface area contributed by atoms with Gasteiger partial charge in [0.05, 0.1) is 18.6 Å². The van der Waals surface area contributed by atoms with Gasteiger partial charge < -0.3 is 15.1 Å². The quantitative estimate of drug-likeness (QED) is 0.436. The number of benzene rings is 1. The van der Waals surface area contributed by atoms with Crippen molar-refractivity contribution in [2.24, 2.45) is 0 Å². The van der Waals surface area contributed by atoms with Gasteiger partial charge in [-0.15, -0.1) is 0 Å². The summed E-state index contributed by atoms with van der Waals surface area (Å²) in [4.78, 5) is 24.8. The highest BCUT2D eigenvalue weighted by Gasteiger charge is 2.25. The van der Waals surface area contributed by atoms with E-state index in [1.54, 1.807) is 11.8 Å². The van der Waals surface area contributed by atoms with E-state index in [0.717, 1.165) is 30.6 Å². The van der Waals surface area contributed by atoms with Gasteiger partial charge in [0.2, 0.25) is 5.91 Å². The predicted molar refractivity (Wildman–Crippen MR) is 114 cm³/mol. The lowest BCUT2D eigenvalue weighted by molar-refractivity contribution is -0.136. The SMILES string of the molecule is Cc1ccccc1CC(O)C=C[C@H]1CCCC(=O)N1CCCSCCC(=O)O. The van der Waals surface area contributed by atoms with Crippen LogP contribution in [-0.4, -0.2) is 57.2 Å². The van der Waals surface area contributed by atoms with Crippen LogP contribution in [0.4, 0.5) is 0 Å². The maximum atomic E-state index is 12.3. The van der Waals surface area contributed by atoms with E-state index in [-0.39, 0.29) is 18.4 Å². The molecule has 1 aliphatic heterocycles. The summed E-state index contributed by atoms with van der Waals surface area (Å²) in [6.45, 7) is 2.73. The first-order valence-corrected chi connectivity index (χ1v) is 11.1. The van der Waals surface area contributed by atoms with Gasteiger partial charge in [0.1, 0.15) is 0 Å². The van der Waals surface area contributed by atoms with Gasteiger partial charge in [0, 0.05) is 25.1 Å². The molecule has 1 aliphatic rings. The van der Waals surface area contributed by atoms with E-state index in [4.69, 9.17) is 5.11 Å². The number of hydrogen-bond acceptors (Lipinski definition) is 4. The largest absolute Gasteiger partial charge is 0.481 e. The second-order valence-electron chi connectivity index (χ2n) is 7.24. The number of aryl methyl sites for hydroxylation is 1. The van der Waals surface area contributed by atoms with Crippen LogP contribution in [0.25, 0.3) is 0 Å². The molecule has 0 aromatic heterocycles. The van der Waals surface area contributed by atoms with E-state index in [9.17, 15) is 14.7 Å². The minimum atomic E-state index is -0.770. The number of nitrogens with zero attached hydrogens (tertiary/aromatic N) is 1. The number of aliphatic carboxylic acids is 1. The molecule has 5 nitrogen and oxygen atoms in total. The van der Waals surface area contributed by atoms with Gasteiger partial charge in [-0.1, -0.05) is 36.4 Å². The van der Waals surface area contributed by atoms with Crippen LogP contribution in [0.3, 0.4) is 0 Å². The summed E-state index contributed by atoms with van der Waals surface area (Å²) in [5, 5.41) is 19.0. The third-order valence-corrected chi connectivity index (χ3v) is 6.08. The Kier molecular flexibility index (Phi) is 9.58. The summed E-state index contributed by atoms with van der Waals surface area (Å²) in [5.41, 5.74) is 2.31. The van der Waals surface area contributed by atoms with Crippen molar-refractivity contribution < 1.29 is 19.8 Å². The number of hydrogen-bond donors (Lipinski definition) is 2. The average Bonchev–Trinajstić information content (AvgIpc) is 2.66. The molecule has 2 N–H and O–H groups in total. The number of carboxylic acid groups (broad SMARTS) is 1. The van der Waals surface area contributed by atoms with E-state index >= 15 is 0 Å². The minimum Gasteiger partial charge on any atom is -0.481 e. The summed E-state index contributed by atoms with van der Waals surface area (Å²) >= 11 is 1.62. The van der Waals surface area contributed by atoms with Crippen LogP contribution >= 0.6 is 11.8 Å². The Labute approximate surface area is 171 Å². The molecule has 6 heteroatoms. The molecule has 1 saturated heterocycles. The fourth-order valence-corrected chi connectivity index (χ4v) is 4.28. The van der Waals surface area contributed by atoms with Crippen LogP contribution in [0.2, 0.25) is 0 Å². The normalized spacial score (nSPS) is 18.6. The van der Waals surface area contributed by atoms with Crippen LogP contribution in [0.1, 0.15) is 43.2 Å². The van der Waals surface area contributed by atoms with Crippen molar-refractivity contribution in [1.29, 1.82) is 0 Å². The zero-order valence-corrected chi connectivity index (χ0v) is 17.4. The van der Waals surface area contributed by atoms with Crippen LogP contribution in [0.15, 0.2) is 36.4 Å². The van der Waals surface area contributed by atoms with E-state index in [0.29, 0.717) is 25.1 Å². The maximum absolute atomic E-state index is 12.3. The van der Waals surface area contributed by atoms with Gasteiger partial charge in [-0.05, 0) is 43.1 Å². The molecule has 1 fully saturated rings. The third kappa shape index (κ3) is 7.68. The molecule has 154 valence electrons. The molecule has 0 saturated carbocycles. The second kappa shape index (κ2) is 11.9. The standard InChI is InChI=1S/C22H31NO4S/c1-17-6-2-3-7-18(17)16-20(24)11-10-19-8-4-9-21(25)23(19)13-5-14-28-15-12-22(26)27/h2-3,6-7,10-11,19-20,24H,4-5,8-9,12-16H2,1H3,(H,26,27)/t19-,20?/m1/s1. The minimum absolute atomic E-state index is 0.0387. The van der Waals surface area contributed by atoms with Crippen molar-refractivity contribution in [2.75, 3.05) is 18.1 Å². The van der Waals surface area contributed by atoms with Gasteiger partial charge in [0.25, 0.3) is 0 Å². The summed E-state index contributed by atoms with van der Waals surface area (Å²) in [7, 11) is 0. The molecule has 1 aromatic rings. The van der Waals surface area contributed by atoms with Crippen molar-refractivity contribution in [3.8, 4) is 0 Å². The predicted octanol–water partition coefficient (Wildman–Crippen LogP) is 3.43. The number of carbonyl (C=O) groups is 2. The van der Waals surface area contributed by atoms with Crippen LogP contribution in [0, 0.1) is 6.92 Å². The first-order valence-electron chi connectivity index (χ1n) is 9.97. The van der Waals surface area contributed by atoms with E-state index in [2.05, 4.69) is 0 Å². The van der Waals surface area contributed by atoms with Crippen molar-refractivity contribution in [2.45, 2.75) is 57.6 Å². The Bertz CT molecular complexity index is 676. The van der Waals surface area contributed by atoms with E-state index < -0.39 is 12.1 Å². The molecular formula is C22H31NO4S. The molecule has 1 unspecified atom stereocenters. The average molecular weight is 406 g/mol. The summed E-state index contributed by atoms with van der Waals surface area (Å²) in [6.07, 6.45) is 7.24. The van der Waals surface area contributed by atoms with Gasteiger partial charge in [-0.3, -0.25) is 9.59 Å². The number of thioether (sulfide) groups is 1. The van der Waals surface area contributed by atoms with E-state index in [1.807, 2.05) is 48.2 Å². The zero-order valence-electron chi connectivity index (χ0n) is 16.5. The van der Waals surface area contributed by atoms with Crippen LogP contribution in [-0.2, 0) is 16.0 Å². The summed E-state index contributed by atoms with van der Waals surface area (Å²) in [5.74, 6) is 0.860. The number of aliphatic hydroxyl groups excluding tert-OH is 1. The summed E-state index contributed by atoms with van der Waals surface area (Å²) < 4.78 is 0. The molecule has 0 radical (unpaired) electrons. The fraction of sp³-hybridized carbons (Fsp3) is 0.545.